The maximum Gasteiger partial charge on any atom is 0.432 e. The van der Waals surface area contributed by atoms with Crippen molar-refractivity contribution < 1.29 is 36.2 Å². The predicted molar refractivity (Wildman–Crippen MR) is 73.4 cm³/mol. The summed E-state index contributed by atoms with van der Waals surface area (Å²) in [7, 11) is -2.66. The van der Waals surface area contributed by atoms with Crippen LogP contribution in [0.15, 0.2) is 28.7 Å². The van der Waals surface area contributed by atoms with Gasteiger partial charge in [-0.05, 0) is 38.2 Å². The van der Waals surface area contributed by atoms with Crippen LogP contribution in [0, 0.1) is 0 Å². The molecule has 1 aromatic rings. The number of rotatable bonds is 3. The molecule has 0 amide bonds. The van der Waals surface area contributed by atoms with Gasteiger partial charge in [-0.1, -0.05) is 0 Å². The van der Waals surface area contributed by atoms with Crippen LogP contribution < -0.4 is 9.46 Å². The Balaban J connectivity index is 2.66. The predicted octanol–water partition coefficient (Wildman–Crippen LogP) is 1.78. The van der Waals surface area contributed by atoms with Gasteiger partial charge in [0.2, 0.25) is 15.6 Å². The molecule has 0 radical (unpaired) electrons. The van der Waals surface area contributed by atoms with Gasteiger partial charge in [0.1, 0.15) is 5.75 Å². The van der Waals surface area contributed by atoms with Crippen molar-refractivity contribution in [3.8, 4) is 5.75 Å². The number of sulfonamides is 1. The Kier molecular flexibility index (Phi) is 3.94. The zero-order chi connectivity index (χ0) is 17.6. The fraction of sp³-hybridized carbons (Fsp3) is 0.308. The van der Waals surface area contributed by atoms with Crippen molar-refractivity contribution in [3.05, 3.63) is 29.3 Å². The number of alkyl halides is 3. The van der Waals surface area contributed by atoms with E-state index in [1.807, 2.05) is 0 Å². The molecular formula is C13H12F3NO5S. The van der Waals surface area contributed by atoms with Gasteiger partial charge in [-0.2, -0.15) is 13.2 Å². The van der Waals surface area contributed by atoms with Crippen LogP contribution >= 0.6 is 0 Å². The molecule has 2 N–H and O–H groups in total. The topological polar surface area (TPSA) is 92.7 Å². The molecule has 0 aliphatic carbocycles. The highest BCUT2D eigenvalue weighted by atomic mass is 32.2. The third-order valence-electron chi connectivity index (χ3n) is 3.46. The number of carboxylic acids is 1. The van der Waals surface area contributed by atoms with E-state index >= 15 is 0 Å². The third kappa shape index (κ3) is 2.79. The van der Waals surface area contributed by atoms with Gasteiger partial charge >= 0.3 is 12.1 Å². The molecule has 10 heteroatoms. The number of ether oxygens (including phenoxy) is 1. The zero-order valence-electron chi connectivity index (χ0n) is 11.9. The van der Waals surface area contributed by atoms with E-state index in [4.69, 9.17) is 9.84 Å². The Morgan fingerprint density at radius 3 is 2.43 bits per heavy atom. The van der Waals surface area contributed by atoms with Gasteiger partial charge in [0.25, 0.3) is 0 Å². The molecule has 0 spiro atoms. The zero-order valence-corrected chi connectivity index (χ0v) is 12.7. The van der Waals surface area contributed by atoms with Gasteiger partial charge in [0.05, 0.1) is 10.5 Å². The smallest absolute Gasteiger partial charge is 0.432 e. The molecule has 2 rings (SSSR count). The summed E-state index contributed by atoms with van der Waals surface area (Å²) < 4.78 is 70.0. The normalized spacial score (nSPS) is 21.2. The highest BCUT2D eigenvalue weighted by Crippen LogP contribution is 2.45. The number of nitrogens with one attached hydrogen (secondary N) is 1. The van der Waals surface area contributed by atoms with Crippen LogP contribution in [-0.2, 0) is 14.8 Å². The van der Waals surface area contributed by atoms with E-state index in [0.29, 0.717) is 6.92 Å². The maximum absolute atomic E-state index is 13.2. The van der Waals surface area contributed by atoms with Crippen molar-refractivity contribution in [2.75, 3.05) is 7.05 Å². The van der Waals surface area contributed by atoms with Crippen molar-refractivity contribution >= 4 is 22.1 Å². The first kappa shape index (κ1) is 17.3. The molecule has 0 bridgehead atoms. The average Bonchev–Trinajstić information content (AvgIpc) is 2.44. The lowest BCUT2D eigenvalue weighted by Crippen LogP contribution is -2.52. The van der Waals surface area contributed by atoms with Crippen molar-refractivity contribution in [2.24, 2.45) is 0 Å². The lowest BCUT2D eigenvalue weighted by molar-refractivity contribution is -0.228. The van der Waals surface area contributed by atoms with E-state index in [0.717, 1.165) is 24.3 Å². The van der Waals surface area contributed by atoms with Crippen molar-refractivity contribution in [1.82, 2.24) is 4.72 Å². The van der Waals surface area contributed by atoms with Gasteiger partial charge in [0, 0.05) is 5.56 Å². The minimum atomic E-state index is -4.97. The van der Waals surface area contributed by atoms with Crippen molar-refractivity contribution in [1.29, 1.82) is 0 Å². The first-order valence-electron chi connectivity index (χ1n) is 6.21. The molecule has 0 fully saturated rings. The van der Waals surface area contributed by atoms with Crippen LogP contribution in [0.5, 0.6) is 5.75 Å². The van der Waals surface area contributed by atoms with Crippen LogP contribution in [-0.4, -0.2) is 38.3 Å². The summed E-state index contributed by atoms with van der Waals surface area (Å²) in [6.07, 6.45) is -4.20. The van der Waals surface area contributed by atoms with Gasteiger partial charge in [-0.3, -0.25) is 0 Å². The molecular weight excluding hydrogens is 339 g/mol. The Morgan fingerprint density at radius 2 is 1.96 bits per heavy atom. The largest absolute Gasteiger partial charge is 0.478 e. The summed E-state index contributed by atoms with van der Waals surface area (Å²) in [5.74, 6) is -2.07. The number of carbonyl (C=O) groups is 1. The number of benzene rings is 1. The summed E-state index contributed by atoms with van der Waals surface area (Å²) in [6.45, 7) is 0.605. The van der Waals surface area contributed by atoms with E-state index < -0.39 is 33.3 Å². The van der Waals surface area contributed by atoms with Gasteiger partial charge in [-0.25, -0.2) is 17.9 Å². The quantitative estimate of drug-likeness (QED) is 0.866. The Bertz CT molecular complexity index is 800. The number of aliphatic carboxylic acids is 1. The minimum absolute atomic E-state index is 0.0690. The van der Waals surface area contributed by atoms with Crippen LogP contribution in [0.2, 0.25) is 0 Å². The first-order chi connectivity index (χ1) is 10.4. The second-order valence-corrected chi connectivity index (χ2v) is 6.79. The highest BCUT2D eigenvalue weighted by Gasteiger charge is 2.59. The second kappa shape index (κ2) is 5.24. The molecule has 126 valence electrons. The number of halogens is 3. The molecule has 1 heterocycles. The SMILES string of the molecule is CNS(=O)(=O)c1ccc2c(c1)C=C(C(=O)O)C(C)(C(F)(F)F)O2. The Labute approximate surface area is 129 Å². The molecule has 1 aromatic carbocycles. The van der Waals surface area contributed by atoms with Gasteiger partial charge < -0.3 is 9.84 Å². The van der Waals surface area contributed by atoms with E-state index in [1.165, 1.54) is 7.05 Å². The molecule has 1 aliphatic heterocycles. The number of fused-ring (bicyclic) bond motifs is 1. The number of hydrogen-bond donors (Lipinski definition) is 2. The van der Waals surface area contributed by atoms with Crippen molar-refractivity contribution in [2.45, 2.75) is 23.6 Å². The molecule has 0 aromatic heterocycles. The fourth-order valence-corrected chi connectivity index (χ4v) is 2.83. The van der Waals surface area contributed by atoms with E-state index in [2.05, 4.69) is 4.72 Å². The molecule has 1 atom stereocenters. The number of carboxylic acid groups (broad SMARTS) is 1. The average molecular weight is 351 g/mol. The molecule has 23 heavy (non-hydrogen) atoms. The molecule has 1 unspecified atom stereocenters. The van der Waals surface area contributed by atoms with Gasteiger partial charge in [-0.15, -0.1) is 0 Å². The van der Waals surface area contributed by atoms with E-state index in [1.54, 1.807) is 0 Å². The third-order valence-corrected chi connectivity index (χ3v) is 4.87. The first-order valence-corrected chi connectivity index (χ1v) is 7.69. The summed E-state index contributed by atoms with van der Waals surface area (Å²) in [5, 5.41) is 9.06. The summed E-state index contributed by atoms with van der Waals surface area (Å²) in [5.41, 5.74) is -4.13. The molecule has 1 aliphatic rings. The summed E-state index contributed by atoms with van der Waals surface area (Å²) in [4.78, 5) is 11.0. The lowest BCUT2D eigenvalue weighted by atomic mass is 9.90. The van der Waals surface area contributed by atoms with Crippen LogP contribution in [0.25, 0.3) is 6.08 Å². The molecule has 0 saturated heterocycles. The fourth-order valence-electron chi connectivity index (χ4n) is 2.06. The Morgan fingerprint density at radius 1 is 1.35 bits per heavy atom. The molecule has 6 nitrogen and oxygen atoms in total. The summed E-state index contributed by atoms with van der Waals surface area (Å²) >= 11 is 0. The molecule has 0 saturated carbocycles. The lowest BCUT2D eigenvalue weighted by Gasteiger charge is -2.36. The van der Waals surface area contributed by atoms with Gasteiger partial charge in [0.15, 0.2) is 0 Å². The van der Waals surface area contributed by atoms with Crippen LogP contribution in [0.4, 0.5) is 13.2 Å². The van der Waals surface area contributed by atoms with E-state index in [9.17, 15) is 26.4 Å². The monoisotopic (exact) mass is 351 g/mol. The Hall–Kier alpha value is -2.07. The maximum atomic E-state index is 13.2. The van der Waals surface area contributed by atoms with Crippen LogP contribution in [0.3, 0.4) is 0 Å². The highest BCUT2D eigenvalue weighted by molar-refractivity contribution is 7.89. The standard InChI is InChI=1S/C13H12F3NO5S/c1-12(13(14,15)16)9(11(18)19)6-7-5-8(23(20,21)17-2)3-4-10(7)22-12/h3-6,17H,1-2H3,(H,18,19). The van der Waals surface area contributed by atoms with Crippen LogP contribution in [0.1, 0.15) is 12.5 Å². The second-order valence-electron chi connectivity index (χ2n) is 4.90. The van der Waals surface area contributed by atoms with E-state index in [-0.39, 0.29) is 16.2 Å². The van der Waals surface area contributed by atoms with Crippen molar-refractivity contribution in [3.63, 3.8) is 0 Å². The summed E-state index contributed by atoms with van der Waals surface area (Å²) in [6, 6.07) is 3.17. The number of hydrogen-bond acceptors (Lipinski definition) is 4. The minimum Gasteiger partial charge on any atom is -0.478 e.